The summed E-state index contributed by atoms with van der Waals surface area (Å²) in [5.41, 5.74) is 1.97. The lowest BCUT2D eigenvalue weighted by Crippen LogP contribution is -2.22. The second-order valence-corrected chi connectivity index (χ2v) is 5.62. The van der Waals surface area contributed by atoms with Crippen molar-refractivity contribution < 1.29 is 14.6 Å². The Morgan fingerprint density at radius 1 is 1.33 bits per heavy atom. The van der Waals surface area contributed by atoms with E-state index < -0.39 is 6.10 Å². The minimum atomic E-state index is -0.541. The monoisotopic (exact) mass is 304 g/mol. The van der Waals surface area contributed by atoms with Gasteiger partial charge in [-0.2, -0.15) is 0 Å². The predicted octanol–water partition coefficient (Wildman–Crippen LogP) is 3.43. The van der Waals surface area contributed by atoms with E-state index in [1.54, 1.807) is 13.2 Å². The van der Waals surface area contributed by atoms with Crippen LogP contribution in [0.15, 0.2) is 42.5 Å². The summed E-state index contributed by atoms with van der Waals surface area (Å²) in [6.45, 7) is 0.503. The van der Waals surface area contributed by atoms with Gasteiger partial charge in [-0.1, -0.05) is 29.8 Å². The third kappa shape index (κ3) is 2.85. The maximum atomic E-state index is 10.6. The molecule has 1 heterocycles. The van der Waals surface area contributed by atoms with Crippen LogP contribution in [0.5, 0.6) is 11.5 Å². The van der Waals surface area contributed by atoms with Crippen LogP contribution in [0.25, 0.3) is 0 Å². The van der Waals surface area contributed by atoms with Gasteiger partial charge in [0.15, 0.2) is 0 Å². The van der Waals surface area contributed by atoms with Gasteiger partial charge in [0.2, 0.25) is 0 Å². The number of benzene rings is 2. The maximum absolute atomic E-state index is 10.6. The molecule has 110 valence electrons. The molecule has 0 saturated heterocycles. The summed E-state index contributed by atoms with van der Waals surface area (Å²) in [6, 6.07) is 13.3. The molecule has 0 saturated carbocycles. The molecular weight excluding hydrogens is 288 g/mol. The molecule has 2 atom stereocenters. The molecule has 2 unspecified atom stereocenters. The van der Waals surface area contributed by atoms with E-state index >= 15 is 0 Å². The summed E-state index contributed by atoms with van der Waals surface area (Å²) in [5, 5.41) is 11.2. The normalized spacial score (nSPS) is 18.0. The van der Waals surface area contributed by atoms with Crippen molar-refractivity contribution in [3.63, 3.8) is 0 Å². The van der Waals surface area contributed by atoms with Crippen molar-refractivity contribution >= 4 is 11.6 Å². The maximum Gasteiger partial charge on any atom is 0.123 e. The third-order valence-corrected chi connectivity index (χ3v) is 4.11. The highest BCUT2D eigenvalue weighted by Gasteiger charge is 2.30. The summed E-state index contributed by atoms with van der Waals surface area (Å²) in [4.78, 5) is 0. The number of aliphatic hydroxyl groups excluding tert-OH is 1. The molecule has 3 nitrogen and oxygen atoms in total. The van der Waals surface area contributed by atoms with Crippen LogP contribution < -0.4 is 9.47 Å². The van der Waals surface area contributed by atoms with E-state index in [1.807, 2.05) is 36.4 Å². The summed E-state index contributed by atoms with van der Waals surface area (Å²) in [7, 11) is 1.62. The fourth-order valence-electron chi connectivity index (χ4n) is 2.78. The van der Waals surface area contributed by atoms with E-state index in [2.05, 4.69) is 0 Å². The highest BCUT2D eigenvalue weighted by molar-refractivity contribution is 6.30. The molecule has 1 aliphatic heterocycles. The first-order chi connectivity index (χ1) is 10.2. The van der Waals surface area contributed by atoms with Crippen LogP contribution in [0.1, 0.15) is 17.0 Å². The van der Waals surface area contributed by atoms with E-state index in [0.717, 1.165) is 22.6 Å². The van der Waals surface area contributed by atoms with Gasteiger partial charge in [-0.3, -0.25) is 0 Å². The van der Waals surface area contributed by atoms with Crippen molar-refractivity contribution in [3.8, 4) is 11.5 Å². The molecular formula is C17H17ClO3. The van der Waals surface area contributed by atoms with Gasteiger partial charge in [-0.05, 0) is 29.8 Å². The Hall–Kier alpha value is -1.71. The van der Waals surface area contributed by atoms with Gasteiger partial charge >= 0.3 is 0 Å². The van der Waals surface area contributed by atoms with E-state index in [9.17, 15) is 5.11 Å². The van der Waals surface area contributed by atoms with Gasteiger partial charge in [0.25, 0.3) is 0 Å². The summed E-state index contributed by atoms with van der Waals surface area (Å²) in [6.07, 6.45) is -0.0625. The SMILES string of the molecule is COc1ccc(Cl)cc1CC(O)C1COc2ccccc21. The number of fused-ring (bicyclic) bond motifs is 1. The minimum absolute atomic E-state index is 0.0233. The zero-order valence-electron chi connectivity index (χ0n) is 11.8. The van der Waals surface area contributed by atoms with Crippen molar-refractivity contribution in [2.75, 3.05) is 13.7 Å². The quantitative estimate of drug-likeness (QED) is 0.940. The van der Waals surface area contributed by atoms with Gasteiger partial charge in [0.05, 0.1) is 19.8 Å². The minimum Gasteiger partial charge on any atom is -0.496 e. The molecule has 2 aromatic carbocycles. The number of ether oxygens (including phenoxy) is 2. The standard InChI is InChI=1S/C17H17ClO3/c1-20-16-7-6-12(18)8-11(16)9-15(19)14-10-21-17-5-3-2-4-13(14)17/h2-8,14-15,19H,9-10H2,1H3. The predicted molar refractivity (Wildman–Crippen MR) is 82.4 cm³/mol. The molecule has 0 radical (unpaired) electrons. The number of hydrogen-bond donors (Lipinski definition) is 1. The smallest absolute Gasteiger partial charge is 0.123 e. The van der Waals surface area contributed by atoms with E-state index in [-0.39, 0.29) is 5.92 Å². The molecule has 0 aromatic heterocycles. The molecule has 1 N–H and O–H groups in total. The molecule has 0 amide bonds. The molecule has 0 bridgehead atoms. The number of aliphatic hydroxyl groups is 1. The largest absolute Gasteiger partial charge is 0.496 e. The van der Waals surface area contributed by atoms with Crippen LogP contribution in [0, 0.1) is 0 Å². The molecule has 2 aromatic rings. The van der Waals surface area contributed by atoms with E-state index in [0.29, 0.717) is 18.1 Å². The zero-order chi connectivity index (χ0) is 14.8. The van der Waals surface area contributed by atoms with Crippen LogP contribution in [0.2, 0.25) is 5.02 Å². The lowest BCUT2D eigenvalue weighted by Gasteiger charge is -2.18. The summed E-state index contributed by atoms with van der Waals surface area (Å²) < 4.78 is 11.0. The van der Waals surface area contributed by atoms with Crippen molar-refractivity contribution in [2.45, 2.75) is 18.4 Å². The van der Waals surface area contributed by atoms with Crippen LogP contribution in [0.3, 0.4) is 0 Å². The van der Waals surface area contributed by atoms with Gasteiger partial charge < -0.3 is 14.6 Å². The number of para-hydroxylation sites is 1. The Bertz CT molecular complexity index is 642. The zero-order valence-corrected chi connectivity index (χ0v) is 12.5. The number of hydrogen-bond acceptors (Lipinski definition) is 3. The highest BCUT2D eigenvalue weighted by Crippen LogP contribution is 2.37. The average molecular weight is 305 g/mol. The first kappa shape index (κ1) is 14.2. The lowest BCUT2D eigenvalue weighted by atomic mass is 9.91. The Labute approximate surface area is 129 Å². The van der Waals surface area contributed by atoms with Gasteiger partial charge in [-0.15, -0.1) is 0 Å². The van der Waals surface area contributed by atoms with Crippen molar-refractivity contribution in [2.24, 2.45) is 0 Å². The lowest BCUT2D eigenvalue weighted by molar-refractivity contribution is 0.128. The molecule has 1 aliphatic rings. The Balaban J connectivity index is 1.82. The van der Waals surface area contributed by atoms with E-state index in [4.69, 9.17) is 21.1 Å². The Morgan fingerprint density at radius 2 is 2.14 bits per heavy atom. The second-order valence-electron chi connectivity index (χ2n) is 5.18. The molecule has 0 aliphatic carbocycles. The first-order valence-electron chi connectivity index (χ1n) is 6.91. The molecule has 21 heavy (non-hydrogen) atoms. The molecule has 4 heteroatoms. The van der Waals surface area contributed by atoms with Gasteiger partial charge in [0.1, 0.15) is 11.5 Å². The summed E-state index contributed by atoms with van der Waals surface area (Å²) >= 11 is 6.04. The number of methoxy groups -OCH3 is 1. The third-order valence-electron chi connectivity index (χ3n) is 3.87. The van der Waals surface area contributed by atoms with Crippen LogP contribution in [-0.2, 0) is 6.42 Å². The fraction of sp³-hybridized carbons (Fsp3) is 0.294. The van der Waals surface area contributed by atoms with Gasteiger partial charge in [-0.25, -0.2) is 0 Å². The highest BCUT2D eigenvalue weighted by atomic mass is 35.5. The first-order valence-corrected chi connectivity index (χ1v) is 7.29. The van der Waals surface area contributed by atoms with Crippen LogP contribution >= 0.6 is 11.6 Å². The van der Waals surface area contributed by atoms with Gasteiger partial charge in [0, 0.05) is 22.9 Å². The average Bonchev–Trinajstić information content (AvgIpc) is 2.91. The van der Waals surface area contributed by atoms with Crippen LogP contribution in [0.4, 0.5) is 0 Å². The Kier molecular flexibility index (Phi) is 4.04. The molecule has 3 rings (SSSR count). The second kappa shape index (κ2) is 5.96. The number of halogens is 1. The number of rotatable bonds is 4. The molecule has 0 fully saturated rings. The van der Waals surface area contributed by atoms with Crippen molar-refractivity contribution in [1.29, 1.82) is 0 Å². The fourth-order valence-corrected chi connectivity index (χ4v) is 2.97. The van der Waals surface area contributed by atoms with E-state index in [1.165, 1.54) is 0 Å². The molecule has 0 spiro atoms. The Morgan fingerprint density at radius 3 is 2.95 bits per heavy atom. The summed E-state index contributed by atoms with van der Waals surface area (Å²) in [5.74, 6) is 1.58. The topological polar surface area (TPSA) is 38.7 Å². The van der Waals surface area contributed by atoms with Crippen molar-refractivity contribution in [3.05, 3.63) is 58.6 Å². The van der Waals surface area contributed by atoms with Crippen LogP contribution in [-0.4, -0.2) is 24.9 Å². The van der Waals surface area contributed by atoms with Crippen molar-refractivity contribution in [1.82, 2.24) is 0 Å².